The van der Waals surface area contributed by atoms with Crippen molar-refractivity contribution in [3.8, 4) is 16.4 Å². The van der Waals surface area contributed by atoms with Crippen molar-refractivity contribution in [2.45, 2.75) is 0 Å². The molecule has 1 aromatic carbocycles. The Morgan fingerprint density at radius 3 is 2.82 bits per heavy atom. The molecule has 2 aromatic heterocycles. The van der Waals surface area contributed by atoms with Gasteiger partial charge in [0.2, 0.25) is 5.82 Å². The summed E-state index contributed by atoms with van der Waals surface area (Å²) in [5.41, 5.74) is 0.506. The summed E-state index contributed by atoms with van der Waals surface area (Å²) in [7, 11) is 1.63. The largest absolute Gasteiger partial charge is 0.383 e. The van der Waals surface area contributed by atoms with Gasteiger partial charge >= 0.3 is 0 Å². The van der Waals surface area contributed by atoms with Crippen molar-refractivity contribution >= 4 is 29.7 Å². The van der Waals surface area contributed by atoms with Gasteiger partial charge in [0.05, 0.1) is 17.2 Å². The lowest BCUT2D eigenvalue weighted by molar-refractivity contribution is 0.0943. The zero-order valence-electron chi connectivity index (χ0n) is 15.2. The van der Waals surface area contributed by atoms with Gasteiger partial charge in [-0.3, -0.25) is 4.79 Å². The van der Waals surface area contributed by atoms with Crippen LogP contribution in [0.2, 0.25) is 0 Å². The molecule has 3 aromatic rings. The Labute approximate surface area is 172 Å². The molecule has 0 bridgehead atoms. The Hall–Kier alpha value is -2.33. The first-order valence-electron chi connectivity index (χ1n) is 8.44. The number of amides is 1. The summed E-state index contributed by atoms with van der Waals surface area (Å²) >= 11 is 1.47. The smallest absolute Gasteiger partial charge is 0.291 e. The molecule has 0 spiro atoms. The number of carbonyl (C=O) groups is 1. The predicted molar refractivity (Wildman–Crippen MR) is 109 cm³/mol. The number of nitrogens with one attached hydrogen (secondary N) is 2. The van der Waals surface area contributed by atoms with Crippen molar-refractivity contribution in [1.29, 1.82) is 0 Å². The lowest BCUT2D eigenvalue weighted by atomic mass is 10.3. The summed E-state index contributed by atoms with van der Waals surface area (Å²) in [4.78, 5) is 17.6. The number of ether oxygens (including phenoxy) is 1. The van der Waals surface area contributed by atoms with E-state index in [1.165, 1.54) is 28.2 Å². The summed E-state index contributed by atoms with van der Waals surface area (Å²) in [5.74, 6) is -0.219. The molecular weight excluding hydrogens is 405 g/mol. The lowest BCUT2D eigenvalue weighted by Crippen LogP contribution is -2.33. The van der Waals surface area contributed by atoms with Gasteiger partial charge in [0.25, 0.3) is 5.91 Å². The summed E-state index contributed by atoms with van der Waals surface area (Å²) < 4.78 is 20.1. The van der Waals surface area contributed by atoms with E-state index in [0.29, 0.717) is 37.8 Å². The normalized spacial score (nSPS) is 10.5. The van der Waals surface area contributed by atoms with Crippen molar-refractivity contribution in [3.63, 3.8) is 0 Å². The molecule has 7 nitrogen and oxygen atoms in total. The van der Waals surface area contributed by atoms with Gasteiger partial charge in [0, 0.05) is 26.7 Å². The van der Waals surface area contributed by atoms with Gasteiger partial charge in [0.1, 0.15) is 5.82 Å². The predicted octanol–water partition coefficient (Wildman–Crippen LogP) is 2.52. The van der Waals surface area contributed by atoms with Gasteiger partial charge in [0.15, 0.2) is 5.82 Å². The first kappa shape index (κ1) is 22.0. The van der Waals surface area contributed by atoms with Crippen LogP contribution in [-0.4, -0.2) is 54.0 Å². The molecule has 2 heterocycles. The maximum absolute atomic E-state index is 13.6. The van der Waals surface area contributed by atoms with E-state index in [2.05, 4.69) is 20.7 Å². The molecule has 0 atom stereocenters. The van der Waals surface area contributed by atoms with Crippen LogP contribution in [0.5, 0.6) is 0 Å². The number of hydrogen-bond donors (Lipinski definition) is 2. The van der Waals surface area contributed by atoms with Crippen LogP contribution < -0.4 is 10.6 Å². The molecular formula is C18H21ClFN5O2S. The number of carbonyl (C=O) groups excluding carboxylic acids is 1. The second kappa shape index (κ2) is 10.9. The zero-order chi connectivity index (χ0) is 19.1. The highest BCUT2D eigenvalue weighted by molar-refractivity contribution is 7.13. The van der Waals surface area contributed by atoms with E-state index in [1.807, 2.05) is 17.5 Å². The van der Waals surface area contributed by atoms with Gasteiger partial charge in [-0.05, 0) is 29.6 Å². The third-order valence-electron chi connectivity index (χ3n) is 3.67. The zero-order valence-corrected chi connectivity index (χ0v) is 16.9. The molecule has 0 unspecified atom stereocenters. The Kier molecular flexibility index (Phi) is 8.52. The topological polar surface area (TPSA) is 81.1 Å². The van der Waals surface area contributed by atoms with Crippen LogP contribution in [0, 0.1) is 5.82 Å². The molecule has 0 saturated heterocycles. The van der Waals surface area contributed by atoms with Crippen LogP contribution in [0.15, 0.2) is 41.8 Å². The van der Waals surface area contributed by atoms with Crippen molar-refractivity contribution in [2.24, 2.45) is 0 Å². The number of halogens is 2. The van der Waals surface area contributed by atoms with E-state index < -0.39 is 0 Å². The van der Waals surface area contributed by atoms with E-state index >= 15 is 0 Å². The summed E-state index contributed by atoms with van der Waals surface area (Å²) in [6.45, 7) is 2.36. The van der Waals surface area contributed by atoms with Crippen LogP contribution in [0.1, 0.15) is 10.6 Å². The van der Waals surface area contributed by atoms with E-state index in [0.717, 1.165) is 4.88 Å². The molecule has 28 heavy (non-hydrogen) atoms. The van der Waals surface area contributed by atoms with E-state index in [4.69, 9.17) is 4.74 Å². The number of rotatable bonds is 9. The SMILES string of the molecule is COCCNCCNC(=O)c1nc(-c2cccs2)n(-c2cccc(F)c2)n1.Cl. The lowest BCUT2D eigenvalue weighted by Gasteiger charge is -2.05. The fraction of sp³-hybridized carbons (Fsp3) is 0.278. The quantitative estimate of drug-likeness (QED) is 0.515. The highest BCUT2D eigenvalue weighted by Gasteiger charge is 2.19. The first-order valence-corrected chi connectivity index (χ1v) is 9.31. The van der Waals surface area contributed by atoms with Crippen molar-refractivity contribution in [3.05, 3.63) is 53.4 Å². The standard InChI is InChI=1S/C18H20FN5O2S.ClH/c1-26-10-9-20-7-8-21-18(25)16-22-17(15-6-3-11-27-15)24(23-16)14-5-2-4-13(19)12-14;/h2-6,11-12,20H,7-10H2,1H3,(H,21,25);1H. The van der Waals surface area contributed by atoms with Crippen molar-refractivity contribution in [2.75, 3.05) is 33.4 Å². The number of aromatic nitrogens is 3. The Bertz CT molecular complexity index is 888. The molecule has 0 aliphatic rings. The summed E-state index contributed by atoms with van der Waals surface area (Å²) in [6, 6.07) is 9.79. The Morgan fingerprint density at radius 1 is 1.25 bits per heavy atom. The van der Waals surface area contributed by atoms with Crippen LogP contribution in [0.4, 0.5) is 4.39 Å². The number of methoxy groups -OCH3 is 1. The Morgan fingerprint density at radius 2 is 2.11 bits per heavy atom. The van der Waals surface area contributed by atoms with Crippen molar-refractivity contribution < 1.29 is 13.9 Å². The second-order valence-corrected chi connectivity index (χ2v) is 6.57. The fourth-order valence-electron chi connectivity index (χ4n) is 2.40. The third kappa shape index (κ3) is 5.59. The van der Waals surface area contributed by atoms with Gasteiger partial charge in [-0.1, -0.05) is 12.1 Å². The average molecular weight is 426 g/mol. The van der Waals surface area contributed by atoms with Gasteiger partial charge in [-0.25, -0.2) is 14.1 Å². The molecule has 0 radical (unpaired) electrons. The minimum absolute atomic E-state index is 0. The molecule has 150 valence electrons. The number of hydrogen-bond acceptors (Lipinski definition) is 6. The van der Waals surface area contributed by atoms with Gasteiger partial charge < -0.3 is 15.4 Å². The first-order chi connectivity index (χ1) is 13.2. The highest BCUT2D eigenvalue weighted by Crippen LogP contribution is 2.25. The molecule has 1 amide bonds. The highest BCUT2D eigenvalue weighted by atomic mass is 35.5. The van der Waals surface area contributed by atoms with E-state index in [1.54, 1.807) is 19.2 Å². The van der Waals surface area contributed by atoms with Gasteiger partial charge in [-0.2, -0.15) is 0 Å². The van der Waals surface area contributed by atoms with E-state index in [9.17, 15) is 9.18 Å². The second-order valence-electron chi connectivity index (χ2n) is 5.63. The maximum atomic E-state index is 13.6. The average Bonchev–Trinajstić information content (AvgIpc) is 3.33. The Balaban J connectivity index is 0.00000280. The van der Waals surface area contributed by atoms with Crippen LogP contribution in [0.25, 0.3) is 16.4 Å². The molecule has 0 aliphatic heterocycles. The maximum Gasteiger partial charge on any atom is 0.291 e. The number of benzene rings is 1. The van der Waals surface area contributed by atoms with Crippen LogP contribution in [0.3, 0.4) is 0 Å². The fourth-order valence-corrected chi connectivity index (χ4v) is 3.10. The minimum Gasteiger partial charge on any atom is -0.383 e. The molecule has 10 heteroatoms. The minimum atomic E-state index is -0.381. The molecule has 0 aliphatic carbocycles. The monoisotopic (exact) mass is 425 g/mol. The summed E-state index contributed by atoms with van der Waals surface area (Å²) in [6.07, 6.45) is 0. The van der Waals surface area contributed by atoms with Crippen LogP contribution >= 0.6 is 23.7 Å². The molecule has 3 rings (SSSR count). The third-order valence-corrected chi connectivity index (χ3v) is 4.54. The molecule has 2 N–H and O–H groups in total. The molecule has 0 saturated carbocycles. The number of nitrogens with zero attached hydrogens (tertiary/aromatic N) is 3. The van der Waals surface area contributed by atoms with Gasteiger partial charge in [-0.15, -0.1) is 28.8 Å². The van der Waals surface area contributed by atoms with Crippen molar-refractivity contribution in [1.82, 2.24) is 25.4 Å². The van der Waals surface area contributed by atoms with E-state index in [-0.39, 0.29) is 30.0 Å². The number of thiophene rings is 1. The summed E-state index contributed by atoms with van der Waals surface area (Å²) in [5, 5.41) is 12.1. The van der Waals surface area contributed by atoms with Crippen LogP contribution in [-0.2, 0) is 4.74 Å². The molecule has 0 fully saturated rings.